The Bertz CT molecular complexity index is 1110. The molecule has 0 aliphatic carbocycles. The number of halogens is 1. The zero-order chi connectivity index (χ0) is 19.8. The molecule has 0 N–H and O–H groups in total. The first-order chi connectivity index (χ1) is 12.7. The second-order valence-electron chi connectivity index (χ2n) is 5.65. The van der Waals surface area contributed by atoms with E-state index < -0.39 is 14.9 Å². The number of nitro groups is 1. The number of nitrogens with zero attached hydrogens (tertiary/aromatic N) is 3. The Morgan fingerprint density at radius 2 is 1.67 bits per heavy atom. The van der Waals surface area contributed by atoms with Crippen LogP contribution in [0.2, 0.25) is 5.02 Å². The summed E-state index contributed by atoms with van der Waals surface area (Å²) in [6, 6.07) is 11.9. The predicted octanol–water partition coefficient (Wildman–Crippen LogP) is 4.45. The Kier molecular flexibility index (Phi) is 5.27. The SMILES string of the molecule is Cc1nn(S(=O)(=O)c2ccc([N+](=O)[O-])cc2)c(C)c1Sc1ccc(Cl)cc1. The second kappa shape index (κ2) is 7.34. The zero-order valence-corrected chi connectivity index (χ0v) is 16.7. The van der Waals surface area contributed by atoms with Gasteiger partial charge < -0.3 is 0 Å². The molecule has 0 amide bonds. The van der Waals surface area contributed by atoms with E-state index in [4.69, 9.17) is 11.6 Å². The van der Waals surface area contributed by atoms with Gasteiger partial charge in [0.1, 0.15) is 0 Å². The van der Waals surface area contributed by atoms with Gasteiger partial charge in [-0.25, -0.2) is 0 Å². The third kappa shape index (κ3) is 3.85. The molecule has 0 unspecified atom stereocenters. The smallest absolute Gasteiger partial charge is 0.258 e. The Balaban J connectivity index is 1.99. The maximum atomic E-state index is 12.9. The molecule has 0 bridgehead atoms. The Morgan fingerprint density at radius 3 is 2.22 bits per heavy atom. The molecule has 1 heterocycles. The zero-order valence-electron chi connectivity index (χ0n) is 14.3. The molecular weight excluding hydrogens is 410 g/mol. The number of hydrogen-bond acceptors (Lipinski definition) is 6. The monoisotopic (exact) mass is 423 g/mol. The van der Waals surface area contributed by atoms with Crippen LogP contribution in [0.4, 0.5) is 5.69 Å². The summed E-state index contributed by atoms with van der Waals surface area (Å²) < 4.78 is 26.8. The van der Waals surface area contributed by atoms with Crippen LogP contribution in [-0.2, 0) is 10.0 Å². The normalized spacial score (nSPS) is 11.5. The first-order valence-electron chi connectivity index (χ1n) is 7.70. The minimum absolute atomic E-state index is 0.0678. The van der Waals surface area contributed by atoms with Gasteiger partial charge in [-0.1, -0.05) is 23.4 Å². The summed E-state index contributed by atoms with van der Waals surface area (Å²) in [4.78, 5) is 11.7. The third-order valence-corrected chi connectivity index (χ3v) is 7.03. The van der Waals surface area contributed by atoms with E-state index >= 15 is 0 Å². The molecule has 140 valence electrons. The van der Waals surface area contributed by atoms with E-state index in [0.717, 1.165) is 26.0 Å². The maximum absolute atomic E-state index is 12.9. The van der Waals surface area contributed by atoms with Crippen LogP contribution in [0, 0.1) is 24.0 Å². The molecule has 0 fully saturated rings. The number of non-ortho nitro benzene ring substituents is 1. The summed E-state index contributed by atoms with van der Waals surface area (Å²) in [7, 11) is -3.96. The molecule has 0 atom stereocenters. The average molecular weight is 424 g/mol. The fourth-order valence-corrected chi connectivity index (χ4v) is 4.92. The van der Waals surface area contributed by atoms with E-state index in [0.29, 0.717) is 16.4 Å². The van der Waals surface area contributed by atoms with Crippen molar-refractivity contribution in [2.45, 2.75) is 28.5 Å². The van der Waals surface area contributed by atoms with Gasteiger partial charge in [0.05, 0.1) is 26.1 Å². The number of rotatable bonds is 5. The Hall–Kier alpha value is -2.36. The van der Waals surface area contributed by atoms with Crippen LogP contribution in [0.15, 0.2) is 63.2 Å². The lowest BCUT2D eigenvalue weighted by molar-refractivity contribution is -0.384. The molecule has 0 aliphatic rings. The van der Waals surface area contributed by atoms with Crippen molar-refractivity contribution in [3.63, 3.8) is 0 Å². The molecule has 3 aromatic rings. The van der Waals surface area contributed by atoms with E-state index in [2.05, 4.69) is 5.10 Å². The minimum Gasteiger partial charge on any atom is -0.258 e. The molecule has 1 aromatic heterocycles. The summed E-state index contributed by atoms with van der Waals surface area (Å²) in [6.45, 7) is 3.40. The van der Waals surface area contributed by atoms with Gasteiger partial charge in [-0.05, 0) is 50.2 Å². The summed E-state index contributed by atoms with van der Waals surface area (Å²) in [5.74, 6) is 0. The van der Waals surface area contributed by atoms with E-state index in [9.17, 15) is 18.5 Å². The van der Waals surface area contributed by atoms with E-state index in [1.165, 1.54) is 23.9 Å². The lowest BCUT2D eigenvalue weighted by Crippen LogP contribution is -2.16. The van der Waals surface area contributed by atoms with Crippen molar-refractivity contribution in [2.24, 2.45) is 0 Å². The van der Waals surface area contributed by atoms with Crippen molar-refractivity contribution in [2.75, 3.05) is 0 Å². The van der Waals surface area contributed by atoms with Gasteiger partial charge in [0.15, 0.2) is 0 Å². The van der Waals surface area contributed by atoms with E-state index in [1.54, 1.807) is 26.0 Å². The molecule has 0 saturated heterocycles. The Morgan fingerprint density at radius 1 is 1.07 bits per heavy atom. The van der Waals surface area contributed by atoms with Crippen LogP contribution >= 0.6 is 23.4 Å². The highest BCUT2D eigenvalue weighted by atomic mass is 35.5. The molecule has 10 heteroatoms. The highest BCUT2D eigenvalue weighted by Gasteiger charge is 2.24. The maximum Gasteiger partial charge on any atom is 0.283 e. The van der Waals surface area contributed by atoms with Crippen LogP contribution < -0.4 is 0 Å². The number of benzene rings is 2. The lowest BCUT2D eigenvalue weighted by Gasteiger charge is -2.07. The number of nitro benzene ring substituents is 1. The van der Waals surface area contributed by atoms with Crippen LogP contribution in [0.25, 0.3) is 0 Å². The molecule has 0 aliphatic heterocycles. The Labute approximate surface area is 165 Å². The molecule has 0 spiro atoms. The summed E-state index contributed by atoms with van der Waals surface area (Å²) in [6.07, 6.45) is 0. The third-order valence-electron chi connectivity index (χ3n) is 3.79. The lowest BCUT2D eigenvalue weighted by atomic mass is 10.3. The fraction of sp³-hybridized carbons (Fsp3) is 0.118. The molecule has 3 rings (SSSR count). The summed E-state index contributed by atoms with van der Waals surface area (Å²) in [5, 5.41) is 15.5. The van der Waals surface area contributed by atoms with E-state index in [1.807, 2.05) is 12.1 Å². The highest BCUT2D eigenvalue weighted by molar-refractivity contribution is 7.99. The first kappa shape index (κ1) is 19.4. The van der Waals surface area contributed by atoms with E-state index in [-0.39, 0.29) is 10.6 Å². The quantitative estimate of drug-likeness (QED) is 0.444. The van der Waals surface area contributed by atoms with Crippen LogP contribution in [0.1, 0.15) is 11.4 Å². The highest BCUT2D eigenvalue weighted by Crippen LogP contribution is 2.34. The number of hydrogen-bond donors (Lipinski definition) is 0. The van der Waals surface area contributed by atoms with Gasteiger partial charge >= 0.3 is 0 Å². The van der Waals surface area contributed by atoms with Gasteiger partial charge in [-0.15, -0.1) is 0 Å². The summed E-state index contributed by atoms with van der Waals surface area (Å²) >= 11 is 7.28. The molecule has 0 saturated carbocycles. The first-order valence-corrected chi connectivity index (χ1v) is 10.3. The topological polar surface area (TPSA) is 95.1 Å². The van der Waals surface area contributed by atoms with Crippen LogP contribution in [-0.4, -0.2) is 22.5 Å². The van der Waals surface area contributed by atoms with Gasteiger partial charge in [-0.3, -0.25) is 10.1 Å². The molecule has 2 aromatic carbocycles. The second-order valence-corrected chi connectivity index (χ2v) is 8.94. The average Bonchev–Trinajstić information content (AvgIpc) is 2.92. The van der Waals surface area contributed by atoms with Crippen molar-refractivity contribution < 1.29 is 13.3 Å². The van der Waals surface area contributed by atoms with Crippen LogP contribution in [0.5, 0.6) is 0 Å². The molecule has 0 radical (unpaired) electrons. The molecule has 7 nitrogen and oxygen atoms in total. The van der Waals surface area contributed by atoms with Crippen molar-refractivity contribution in [3.05, 3.63) is 75.1 Å². The minimum atomic E-state index is -3.96. The standard InChI is InChI=1S/C17H14ClN3O4S2/c1-11-17(26-15-7-3-13(18)4-8-15)12(2)20(19-11)27(24,25)16-9-5-14(6-10-16)21(22)23/h3-10H,1-2H3. The van der Waals surface area contributed by atoms with Crippen molar-refractivity contribution in [1.82, 2.24) is 9.19 Å². The van der Waals surface area contributed by atoms with Crippen LogP contribution in [0.3, 0.4) is 0 Å². The number of aryl methyl sites for hydroxylation is 1. The van der Waals surface area contributed by atoms with Gasteiger partial charge in [0.2, 0.25) is 0 Å². The van der Waals surface area contributed by atoms with Gasteiger partial charge in [0, 0.05) is 22.1 Å². The van der Waals surface area contributed by atoms with Crippen molar-refractivity contribution >= 4 is 39.1 Å². The molecular formula is C17H14ClN3O4S2. The predicted molar refractivity (Wildman–Crippen MR) is 103 cm³/mol. The largest absolute Gasteiger partial charge is 0.283 e. The van der Waals surface area contributed by atoms with Gasteiger partial charge in [-0.2, -0.15) is 17.6 Å². The number of aromatic nitrogens is 2. The molecule has 27 heavy (non-hydrogen) atoms. The summed E-state index contributed by atoms with van der Waals surface area (Å²) in [5.41, 5.74) is 0.852. The van der Waals surface area contributed by atoms with Crippen molar-refractivity contribution in [3.8, 4) is 0 Å². The fourth-order valence-electron chi connectivity index (χ4n) is 2.45. The van der Waals surface area contributed by atoms with Gasteiger partial charge in [0.25, 0.3) is 15.7 Å². The van der Waals surface area contributed by atoms with Crippen molar-refractivity contribution in [1.29, 1.82) is 0 Å².